The highest BCUT2D eigenvalue weighted by molar-refractivity contribution is 9.10. The second-order valence-corrected chi connectivity index (χ2v) is 7.26. The first kappa shape index (κ1) is 17.0. The Morgan fingerprint density at radius 3 is 2.33 bits per heavy atom. The standard InChI is InChI=1S/C17H17BrN2O3S/c18-13-3-5-14(6-4-13)23-12-16(21)19-7-9-20(10-8-19)17(22)15-2-1-11-24-15/h1-6,11H,7-10,12H2. The minimum absolute atomic E-state index is 0.0144. The maximum Gasteiger partial charge on any atom is 0.264 e. The largest absolute Gasteiger partial charge is 0.484 e. The van der Waals surface area contributed by atoms with Crippen LogP contribution >= 0.6 is 27.3 Å². The third-order valence-corrected chi connectivity index (χ3v) is 5.21. The summed E-state index contributed by atoms with van der Waals surface area (Å²) in [5, 5.41) is 1.90. The fourth-order valence-corrected chi connectivity index (χ4v) is 3.44. The second-order valence-electron chi connectivity index (χ2n) is 5.39. The van der Waals surface area contributed by atoms with Crippen LogP contribution in [0.15, 0.2) is 46.3 Å². The molecule has 0 saturated carbocycles. The molecule has 0 spiro atoms. The van der Waals surface area contributed by atoms with Gasteiger partial charge in [0.25, 0.3) is 11.8 Å². The minimum Gasteiger partial charge on any atom is -0.484 e. The smallest absolute Gasteiger partial charge is 0.264 e. The van der Waals surface area contributed by atoms with Crippen LogP contribution < -0.4 is 4.74 Å². The molecule has 2 heterocycles. The molecule has 1 fully saturated rings. The molecule has 0 radical (unpaired) electrons. The molecule has 1 aromatic heterocycles. The summed E-state index contributed by atoms with van der Waals surface area (Å²) in [7, 11) is 0. The molecular formula is C17H17BrN2O3S. The molecule has 1 aromatic carbocycles. The lowest BCUT2D eigenvalue weighted by atomic mass is 10.3. The summed E-state index contributed by atoms with van der Waals surface area (Å²) in [4.78, 5) is 28.8. The molecule has 5 nitrogen and oxygen atoms in total. The summed E-state index contributed by atoms with van der Waals surface area (Å²) >= 11 is 4.80. The monoisotopic (exact) mass is 408 g/mol. The van der Waals surface area contributed by atoms with Crippen molar-refractivity contribution in [3.05, 3.63) is 51.1 Å². The summed E-state index contributed by atoms with van der Waals surface area (Å²) in [6, 6.07) is 11.1. The zero-order valence-corrected chi connectivity index (χ0v) is 15.4. The number of nitrogens with zero attached hydrogens (tertiary/aromatic N) is 2. The molecule has 2 amide bonds. The first-order chi connectivity index (χ1) is 11.6. The minimum atomic E-state index is -0.0545. The number of carbonyl (C=O) groups excluding carboxylic acids is 2. The van der Waals surface area contributed by atoms with E-state index >= 15 is 0 Å². The number of hydrogen-bond acceptors (Lipinski definition) is 4. The van der Waals surface area contributed by atoms with Gasteiger partial charge in [-0.15, -0.1) is 11.3 Å². The topological polar surface area (TPSA) is 49.9 Å². The molecule has 1 aliphatic rings. The third kappa shape index (κ3) is 4.15. The molecule has 1 saturated heterocycles. The molecule has 0 N–H and O–H groups in total. The van der Waals surface area contributed by atoms with Crippen molar-refractivity contribution >= 4 is 39.1 Å². The van der Waals surface area contributed by atoms with Crippen LogP contribution in [0.4, 0.5) is 0 Å². The lowest BCUT2D eigenvalue weighted by Crippen LogP contribution is -2.51. The van der Waals surface area contributed by atoms with Gasteiger partial charge in [-0.1, -0.05) is 22.0 Å². The van der Waals surface area contributed by atoms with Crippen LogP contribution in [0.5, 0.6) is 5.75 Å². The van der Waals surface area contributed by atoms with Gasteiger partial charge in [0, 0.05) is 30.7 Å². The van der Waals surface area contributed by atoms with Crippen LogP contribution in [-0.4, -0.2) is 54.4 Å². The number of benzene rings is 1. The van der Waals surface area contributed by atoms with Crippen molar-refractivity contribution in [1.82, 2.24) is 9.80 Å². The summed E-state index contributed by atoms with van der Waals surface area (Å²) in [6.45, 7) is 2.21. The Labute approximate surface area is 153 Å². The Hall–Kier alpha value is -1.86. The SMILES string of the molecule is O=C(COc1ccc(Br)cc1)N1CCN(C(=O)c2cccs2)CC1. The molecule has 0 atom stereocenters. The Balaban J connectivity index is 1.46. The number of piperazine rings is 1. The Bertz CT molecular complexity index is 695. The second kappa shape index (κ2) is 7.81. The van der Waals surface area contributed by atoms with Gasteiger partial charge < -0.3 is 14.5 Å². The van der Waals surface area contributed by atoms with E-state index in [1.165, 1.54) is 11.3 Å². The number of thiophene rings is 1. The maximum absolute atomic E-state index is 12.3. The van der Waals surface area contributed by atoms with E-state index in [0.29, 0.717) is 31.9 Å². The van der Waals surface area contributed by atoms with Crippen molar-refractivity contribution < 1.29 is 14.3 Å². The fourth-order valence-electron chi connectivity index (χ4n) is 2.48. The highest BCUT2D eigenvalue weighted by atomic mass is 79.9. The molecule has 0 bridgehead atoms. The maximum atomic E-state index is 12.3. The van der Waals surface area contributed by atoms with E-state index in [1.807, 2.05) is 41.8 Å². The predicted molar refractivity (Wildman–Crippen MR) is 96.4 cm³/mol. The van der Waals surface area contributed by atoms with Gasteiger partial charge in [0.2, 0.25) is 0 Å². The summed E-state index contributed by atoms with van der Waals surface area (Å²) in [6.07, 6.45) is 0. The average molecular weight is 409 g/mol. The fraction of sp³-hybridized carbons (Fsp3) is 0.294. The molecule has 0 unspecified atom stereocenters. The van der Waals surface area contributed by atoms with Crippen LogP contribution in [0, 0.1) is 0 Å². The van der Waals surface area contributed by atoms with Crippen LogP contribution in [0.3, 0.4) is 0 Å². The van der Waals surface area contributed by atoms with Gasteiger partial charge in [0.1, 0.15) is 5.75 Å². The highest BCUT2D eigenvalue weighted by Crippen LogP contribution is 2.17. The Morgan fingerprint density at radius 2 is 1.71 bits per heavy atom. The van der Waals surface area contributed by atoms with E-state index in [9.17, 15) is 9.59 Å². The first-order valence-corrected chi connectivity index (χ1v) is 9.29. The quantitative estimate of drug-likeness (QED) is 0.781. The van der Waals surface area contributed by atoms with Crippen molar-refractivity contribution in [1.29, 1.82) is 0 Å². The van der Waals surface area contributed by atoms with Gasteiger partial charge in [-0.05, 0) is 35.7 Å². The van der Waals surface area contributed by atoms with E-state index in [0.717, 1.165) is 9.35 Å². The van der Waals surface area contributed by atoms with Crippen LogP contribution in [0.1, 0.15) is 9.67 Å². The van der Waals surface area contributed by atoms with Crippen LogP contribution in [0.25, 0.3) is 0 Å². The molecular weight excluding hydrogens is 392 g/mol. The lowest BCUT2D eigenvalue weighted by molar-refractivity contribution is -0.134. The molecule has 1 aliphatic heterocycles. The summed E-state index contributed by atoms with van der Waals surface area (Å²) < 4.78 is 6.48. The van der Waals surface area contributed by atoms with Crippen molar-refractivity contribution in [2.45, 2.75) is 0 Å². The van der Waals surface area contributed by atoms with Crippen LogP contribution in [-0.2, 0) is 4.79 Å². The zero-order chi connectivity index (χ0) is 16.9. The lowest BCUT2D eigenvalue weighted by Gasteiger charge is -2.34. The van der Waals surface area contributed by atoms with Gasteiger partial charge >= 0.3 is 0 Å². The third-order valence-electron chi connectivity index (χ3n) is 3.83. The van der Waals surface area contributed by atoms with Crippen molar-refractivity contribution in [3.63, 3.8) is 0 Å². The van der Waals surface area contributed by atoms with E-state index in [4.69, 9.17) is 4.74 Å². The van der Waals surface area contributed by atoms with Gasteiger partial charge in [-0.2, -0.15) is 0 Å². The van der Waals surface area contributed by atoms with E-state index in [2.05, 4.69) is 15.9 Å². The van der Waals surface area contributed by atoms with Gasteiger partial charge in [-0.25, -0.2) is 0 Å². The molecule has 7 heteroatoms. The Kier molecular flexibility index (Phi) is 5.52. The van der Waals surface area contributed by atoms with E-state index < -0.39 is 0 Å². The number of halogens is 1. The number of rotatable bonds is 4. The van der Waals surface area contributed by atoms with Crippen molar-refractivity contribution in [3.8, 4) is 5.75 Å². The normalized spacial score (nSPS) is 14.5. The predicted octanol–water partition coefficient (Wildman–Crippen LogP) is 2.87. The van der Waals surface area contributed by atoms with Crippen molar-refractivity contribution in [2.75, 3.05) is 32.8 Å². The number of hydrogen-bond donors (Lipinski definition) is 0. The van der Waals surface area contributed by atoms with Crippen molar-refractivity contribution in [2.24, 2.45) is 0 Å². The van der Waals surface area contributed by atoms with Gasteiger partial charge in [-0.3, -0.25) is 9.59 Å². The van der Waals surface area contributed by atoms with Gasteiger partial charge in [0.15, 0.2) is 6.61 Å². The number of carbonyl (C=O) groups is 2. The molecule has 2 aromatic rings. The summed E-state index contributed by atoms with van der Waals surface area (Å²) in [5.74, 6) is 0.655. The zero-order valence-electron chi connectivity index (χ0n) is 13.0. The van der Waals surface area contributed by atoms with Crippen LogP contribution in [0.2, 0.25) is 0 Å². The Morgan fingerprint density at radius 1 is 1.04 bits per heavy atom. The average Bonchev–Trinajstić information content (AvgIpc) is 3.15. The summed E-state index contributed by atoms with van der Waals surface area (Å²) in [5.41, 5.74) is 0. The molecule has 3 rings (SSSR count). The molecule has 24 heavy (non-hydrogen) atoms. The molecule has 126 valence electrons. The van der Waals surface area contributed by atoms with E-state index in [1.54, 1.807) is 9.80 Å². The molecule has 0 aliphatic carbocycles. The van der Waals surface area contributed by atoms with Gasteiger partial charge in [0.05, 0.1) is 4.88 Å². The highest BCUT2D eigenvalue weighted by Gasteiger charge is 2.25. The first-order valence-electron chi connectivity index (χ1n) is 7.62. The number of amides is 2. The number of ether oxygens (including phenoxy) is 1. The van der Waals surface area contributed by atoms with E-state index in [-0.39, 0.29) is 18.4 Å².